The molecule has 156 valence electrons. The Labute approximate surface area is 180 Å². The van der Waals surface area contributed by atoms with Crippen molar-refractivity contribution in [3.8, 4) is 11.3 Å². The van der Waals surface area contributed by atoms with Gasteiger partial charge in [-0.15, -0.1) is 11.3 Å². The van der Waals surface area contributed by atoms with Gasteiger partial charge in [-0.3, -0.25) is 24.3 Å². The van der Waals surface area contributed by atoms with Crippen LogP contribution in [0.15, 0.2) is 52.9 Å². The van der Waals surface area contributed by atoms with Crippen molar-refractivity contribution in [3.05, 3.63) is 79.7 Å². The van der Waals surface area contributed by atoms with E-state index in [1.807, 2.05) is 13.0 Å². The minimum absolute atomic E-state index is 0.00880. The van der Waals surface area contributed by atoms with Gasteiger partial charge in [-0.25, -0.2) is 9.97 Å². The van der Waals surface area contributed by atoms with E-state index in [0.717, 1.165) is 5.56 Å². The quantitative estimate of drug-likeness (QED) is 0.377. The number of fused-ring (bicyclic) bond motifs is 1. The van der Waals surface area contributed by atoms with Crippen molar-refractivity contribution >= 4 is 39.0 Å². The van der Waals surface area contributed by atoms with Crippen LogP contribution in [0.2, 0.25) is 0 Å². The summed E-state index contributed by atoms with van der Waals surface area (Å²) in [7, 11) is 0. The normalized spacial score (nSPS) is 10.9. The zero-order valence-corrected chi connectivity index (χ0v) is 17.5. The monoisotopic (exact) mass is 435 g/mol. The molecule has 10 heteroatoms. The van der Waals surface area contributed by atoms with E-state index in [1.165, 1.54) is 28.3 Å². The van der Waals surface area contributed by atoms with Gasteiger partial charge in [-0.05, 0) is 25.5 Å². The summed E-state index contributed by atoms with van der Waals surface area (Å²) in [6.07, 6.45) is 1.36. The molecular formula is C21H17N5O4S. The Balaban J connectivity index is 1.52. The maximum Gasteiger partial charge on any atom is 0.272 e. The van der Waals surface area contributed by atoms with Gasteiger partial charge in [0.15, 0.2) is 5.13 Å². The van der Waals surface area contributed by atoms with E-state index >= 15 is 0 Å². The van der Waals surface area contributed by atoms with Gasteiger partial charge in [0, 0.05) is 22.6 Å². The van der Waals surface area contributed by atoms with Crippen LogP contribution in [0.1, 0.15) is 11.1 Å². The number of nitrogens with one attached hydrogen (secondary N) is 1. The average molecular weight is 435 g/mol. The fourth-order valence-electron chi connectivity index (χ4n) is 3.19. The van der Waals surface area contributed by atoms with Gasteiger partial charge in [-0.1, -0.05) is 24.3 Å². The number of aryl methyl sites for hydroxylation is 2. The van der Waals surface area contributed by atoms with Crippen LogP contribution in [-0.4, -0.2) is 25.4 Å². The first-order valence-electron chi connectivity index (χ1n) is 9.29. The number of anilines is 1. The summed E-state index contributed by atoms with van der Waals surface area (Å²) in [5, 5.41) is 16.3. The van der Waals surface area contributed by atoms with Crippen molar-refractivity contribution in [1.82, 2.24) is 14.5 Å². The molecule has 4 rings (SSSR count). The van der Waals surface area contributed by atoms with E-state index in [0.29, 0.717) is 32.9 Å². The standard InChI is InChI=1S/C21H17N5O4S/c1-12-6-7-14(8-17(12)26(29)30)16-10-31-21(23-16)24-18(27)9-25-11-22-19-13(2)4-3-5-15(19)20(25)28/h3-8,10-11H,9H2,1-2H3,(H,23,24,27). The first-order chi connectivity index (χ1) is 14.8. The molecule has 9 nitrogen and oxygen atoms in total. The first-order valence-corrected chi connectivity index (χ1v) is 10.2. The molecule has 0 fully saturated rings. The van der Waals surface area contributed by atoms with E-state index in [2.05, 4.69) is 15.3 Å². The molecule has 1 amide bonds. The Morgan fingerprint density at radius 2 is 2.03 bits per heavy atom. The molecule has 0 spiro atoms. The van der Waals surface area contributed by atoms with Crippen molar-refractivity contribution in [2.75, 3.05) is 5.32 Å². The van der Waals surface area contributed by atoms with E-state index in [1.54, 1.807) is 36.6 Å². The van der Waals surface area contributed by atoms with Crippen LogP contribution >= 0.6 is 11.3 Å². The number of hydrogen-bond acceptors (Lipinski definition) is 7. The molecule has 0 bridgehead atoms. The summed E-state index contributed by atoms with van der Waals surface area (Å²) in [6, 6.07) is 10.2. The van der Waals surface area contributed by atoms with E-state index in [-0.39, 0.29) is 17.8 Å². The summed E-state index contributed by atoms with van der Waals surface area (Å²) in [4.78, 5) is 44.4. The number of benzene rings is 2. The van der Waals surface area contributed by atoms with E-state index in [4.69, 9.17) is 0 Å². The summed E-state index contributed by atoms with van der Waals surface area (Å²) >= 11 is 1.19. The average Bonchev–Trinajstić information content (AvgIpc) is 3.19. The van der Waals surface area contributed by atoms with Crippen molar-refractivity contribution in [3.63, 3.8) is 0 Å². The van der Waals surface area contributed by atoms with Gasteiger partial charge in [0.1, 0.15) is 6.54 Å². The summed E-state index contributed by atoms with van der Waals surface area (Å²) in [5.41, 5.74) is 2.87. The fraction of sp³-hybridized carbons (Fsp3) is 0.143. The molecule has 0 saturated heterocycles. The smallest absolute Gasteiger partial charge is 0.272 e. The number of nitro groups is 1. The van der Waals surface area contributed by atoms with Gasteiger partial charge in [0.05, 0.1) is 27.8 Å². The zero-order chi connectivity index (χ0) is 22.1. The lowest BCUT2D eigenvalue weighted by molar-refractivity contribution is -0.385. The van der Waals surface area contributed by atoms with Crippen molar-refractivity contribution < 1.29 is 9.72 Å². The fourth-order valence-corrected chi connectivity index (χ4v) is 3.93. The molecule has 0 aliphatic rings. The Bertz CT molecular complexity index is 1390. The number of thiazole rings is 1. The molecule has 2 heterocycles. The van der Waals surface area contributed by atoms with Crippen LogP contribution < -0.4 is 10.9 Å². The Morgan fingerprint density at radius 1 is 1.23 bits per heavy atom. The Hall–Kier alpha value is -3.92. The van der Waals surface area contributed by atoms with Crippen molar-refractivity contribution in [2.24, 2.45) is 0 Å². The summed E-state index contributed by atoms with van der Waals surface area (Å²) in [6.45, 7) is 3.33. The third kappa shape index (κ3) is 4.05. The second-order valence-electron chi connectivity index (χ2n) is 6.99. The van der Waals surface area contributed by atoms with Gasteiger partial charge in [-0.2, -0.15) is 0 Å². The van der Waals surface area contributed by atoms with E-state index in [9.17, 15) is 19.7 Å². The number of rotatable bonds is 5. The highest BCUT2D eigenvalue weighted by atomic mass is 32.1. The SMILES string of the molecule is Cc1ccc(-c2csc(NC(=O)Cn3cnc4c(C)cccc4c3=O)n2)cc1[N+](=O)[O-]. The lowest BCUT2D eigenvalue weighted by atomic mass is 10.1. The topological polar surface area (TPSA) is 120 Å². The highest BCUT2D eigenvalue weighted by Crippen LogP contribution is 2.29. The molecule has 0 aliphatic heterocycles. The van der Waals surface area contributed by atoms with Crippen LogP contribution in [0.5, 0.6) is 0 Å². The number of aromatic nitrogens is 3. The van der Waals surface area contributed by atoms with Crippen LogP contribution in [-0.2, 0) is 11.3 Å². The summed E-state index contributed by atoms with van der Waals surface area (Å²) < 4.78 is 1.24. The molecule has 2 aromatic carbocycles. The molecule has 4 aromatic rings. The molecular weight excluding hydrogens is 418 g/mol. The maximum absolute atomic E-state index is 12.6. The lowest BCUT2D eigenvalue weighted by Crippen LogP contribution is -2.28. The number of carbonyl (C=O) groups is 1. The number of amides is 1. The van der Waals surface area contributed by atoms with Crippen LogP contribution in [0.4, 0.5) is 10.8 Å². The van der Waals surface area contributed by atoms with Crippen LogP contribution in [0, 0.1) is 24.0 Å². The maximum atomic E-state index is 12.6. The van der Waals surface area contributed by atoms with Gasteiger partial charge >= 0.3 is 0 Å². The second-order valence-corrected chi connectivity index (χ2v) is 7.85. The predicted octanol–water partition coefficient (Wildman–Crippen LogP) is 3.68. The molecule has 1 N–H and O–H groups in total. The highest BCUT2D eigenvalue weighted by molar-refractivity contribution is 7.14. The lowest BCUT2D eigenvalue weighted by Gasteiger charge is -2.07. The third-order valence-electron chi connectivity index (χ3n) is 4.82. The molecule has 31 heavy (non-hydrogen) atoms. The van der Waals surface area contributed by atoms with Gasteiger partial charge in [0.25, 0.3) is 11.2 Å². The first kappa shape index (κ1) is 20.4. The number of hydrogen-bond donors (Lipinski definition) is 1. The number of para-hydroxylation sites is 1. The molecule has 0 unspecified atom stereocenters. The molecule has 2 aromatic heterocycles. The Kier molecular flexibility index (Phi) is 5.30. The van der Waals surface area contributed by atoms with Gasteiger partial charge < -0.3 is 5.32 Å². The zero-order valence-electron chi connectivity index (χ0n) is 16.7. The Morgan fingerprint density at radius 3 is 2.81 bits per heavy atom. The number of carbonyl (C=O) groups excluding carboxylic acids is 1. The minimum atomic E-state index is -0.440. The predicted molar refractivity (Wildman–Crippen MR) is 118 cm³/mol. The van der Waals surface area contributed by atoms with Crippen LogP contribution in [0.25, 0.3) is 22.2 Å². The molecule has 0 radical (unpaired) electrons. The third-order valence-corrected chi connectivity index (χ3v) is 5.58. The second kappa shape index (κ2) is 8.07. The van der Waals surface area contributed by atoms with Crippen LogP contribution in [0.3, 0.4) is 0 Å². The van der Waals surface area contributed by atoms with Crippen molar-refractivity contribution in [1.29, 1.82) is 0 Å². The van der Waals surface area contributed by atoms with Crippen molar-refractivity contribution in [2.45, 2.75) is 20.4 Å². The number of nitro benzene ring substituents is 1. The summed E-state index contributed by atoms with van der Waals surface area (Å²) in [5.74, 6) is -0.424. The highest BCUT2D eigenvalue weighted by Gasteiger charge is 2.15. The molecule has 0 aliphatic carbocycles. The van der Waals surface area contributed by atoms with E-state index < -0.39 is 10.8 Å². The molecule has 0 atom stereocenters. The number of nitrogens with zero attached hydrogens (tertiary/aromatic N) is 4. The minimum Gasteiger partial charge on any atom is -0.300 e. The largest absolute Gasteiger partial charge is 0.300 e. The molecule has 0 saturated carbocycles. The van der Waals surface area contributed by atoms with Gasteiger partial charge in [0.2, 0.25) is 5.91 Å².